The minimum atomic E-state index is -0.313. The quantitative estimate of drug-likeness (QED) is 0.478. The van der Waals surface area contributed by atoms with Crippen molar-refractivity contribution in [1.29, 1.82) is 0 Å². The van der Waals surface area contributed by atoms with E-state index in [2.05, 4.69) is 22.3 Å². The number of nitrogens with one attached hydrogen (secondary N) is 1. The number of benzene rings is 1. The Hall–Kier alpha value is -2.97. The molecular weight excluding hydrogens is 446 g/mol. The van der Waals surface area contributed by atoms with Crippen LogP contribution < -0.4 is 10.9 Å². The Labute approximate surface area is 193 Å². The van der Waals surface area contributed by atoms with Gasteiger partial charge in [0.2, 0.25) is 5.91 Å². The SMILES string of the molecule is CC1CCc2c(sc3ncn(CC(=O)Nc4ccnn4Cc4ccccc4Cl)c(=O)c23)C1. The first-order valence-electron chi connectivity index (χ1n) is 10.5. The zero-order chi connectivity index (χ0) is 22.2. The van der Waals surface area contributed by atoms with Crippen molar-refractivity contribution < 1.29 is 4.79 Å². The van der Waals surface area contributed by atoms with Gasteiger partial charge in [0, 0.05) is 16.0 Å². The molecule has 1 aromatic carbocycles. The normalized spacial score (nSPS) is 15.6. The van der Waals surface area contributed by atoms with Gasteiger partial charge in [-0.3, -0.25) is 14.2 Å². The second kappa shape index (κ2) is 8.52. The molecule has 1 amide bonds. The molecule has 164 valence electrons. The van der Waals surface area contributed by atoms with Gasteiger partial charge in [0.1, 0.15) is 17.2 Å². The maximum atomic E-state index is 13.1. The zero-order valence-corrected chi connectivity index (χ0v) is 19.1. The number of nitrogens with zero attached hydrogens (tertiary/aromatic N) is 4. The van der Waals surface area contributed by atoms with E-state index in [0.29, 0.717) is 28.7 Å². The summed E-state index contributed by atoms with van der Waals surface area (Å²) in [6.07, 6.45) is 6.04. The zero-order valence-electron chi connectivity index (χ0n) is 17.5. The van der Waals surface area contributed by atoms with Gasteiger partial charge in [-0.2, -0.15) is 5.10 Å². The van der Waals surface area contributed by atoms with Gasteiger partial charge in [0.15, 0.2) is 0 Å². The Balaban J connectivity index is 1.35. The molecule has 1 aliphatic rings. The molecule has 0 saturated carbocycles. The Kier molecular flexibility index (Phi) is 5.57. The van der Waals surface area contributed by atoms with E-state index < -0.39 is 0 Å². The van der Waals surface area contributed by atoms with Crippen LogP contribution in [0.2, 0.25) is 5.02 Å². The van der Waals surface area contributed by atoms with E-state index in [1.165, 1.54) is 15.8 Å². The lowest BCUT2D eigenvalue weighted by Crippen LogP contribution is -2.29. The van der Waals surface area contributed by atoms with Crippen molar-refractivity contribution >= 4 is 44.9 Å². The van der Waals surface area contributed by atoms with Crippen LogP contribution in [0.1, 0.15) is 29.3 Å². The van der Waals surface area contributed by atoms with Crippen LogP contribution >= 0.6 is 22.9 Å². The van der Waals surface area contributed by atoms with Gasteiger partial charge >= 0.3 is 0 Å². The number of hydrogen-bond donors (Lipinski definition) is 1. The molecule has 1 atom stereocenters. The molecule has 4 aromatic rings. The first-order chi connectivity index (χ1) is 15.5. The summed E-state index contributed by atoms with van der Waals surface area (Å²) >= 11 is 7.85. The van der Waals surface area contributed by atoms with Crippen molar-refractivity contribution in [2.24, 2.45) is 5.92 Å². The number of fused-ring (bicyclic) bond motifs is 3. The highest BCUT2D eigenvalue weighted by Crippen LogP contribution is 2.35. The maximum absolute atomic E-state index is 13.1. The maximum Gasteiger partial charge on any atom is 0.262 e. The van der Waals surface area contributed by atoms with E-state index in [4.69, 9.17) is 11.6 Å². The van der Waals surface area contributed by atoms with Crippen LogP contribution in [0.25, 0.3) is 10.2 Å². The van der Waals surface area contributed by atoms with Crippen molar-refractivity contribution in [3.05, 3.63) is 74.2 Å². The van der Waals surface area contributed by atoms with Gasteiger partial charge in [-0.05, 0) is 42.4 Å². The molecule has 32 heavy (non-hydrogen) atoms. The third-order valence-corrected chi connectivity index (χ3v) is 7.39. The molecule has 3 heterocycles. The number of aromatic nitrogens is 4. The van der Waals surface area contributed by atoms with E-state index in [1.54, 1.807) is 28.3 Å². The van der Waals surface area contributed by atoms with E-state index in [9.17, 15) is 9.59 Å². The molecule has 1 aliphatic carbocycles. The number of thiophene rings is 1. The van der Waals surface area contributed by atoms with Crippen LogP contribution in [-0.4, -0.2) is 25.2 Å². The number of hydrogen-bond acceptors (Lipinski definition) is 5. The van der Waals surface area contributed by atoms with Crippen LogP contribution in [-0.2, 0) is 30.7 Å². The molecule has 0 aliphatic heterocycles. The number of amides is 1. The molecular formula is C23H22ClN5O2S. The summed E-state index contributed by atoms with van der Waals surface area (Å²) in [5.41, 5.74) is 1.87. The summed E-state index contributed by atoms with van der Waals surface area (Å²) in [4.78, 5) is 32.4. The van der Waals surface area contributed by atoms with Crippen molar-refractivity contribution in [3.63, 3.8) is 0 Å². The highest BCUT2D eigenvalue weighted by Gasteiger charge is 2.23. The van der Waals surface area contributed by atoms with E-state index in [1.807, 2.05) is 24.3 Å². The monoisotopic (exact) mass is 467 g/mol. The topological polar surface area (TPSA) is 81.8 Å². The molecule has 3 aromatic heterocycles. The van der Waals surface area contributed by atoms with Crippen LogP contribution in [0.4, 0.5) is 5.82 Å². The Bertz CT molecular complexity index is 1370. The molecule has 0 fully saturated rings. The first kappa shape index (κ1) is 20.9. The summed E-state index contributed by atoms with van der Waals surface area (Å²) in [6, 6.07) is 9.22. The fourth-order valence-electron chi connectivity index (χ4n) is 4.17. The number of carbonyl (C=O) groups is 1. The highest BCUT2D eigenvalue weighted by atomic mass is 35.5. The van der Waals surface area contributed by atoms with Gasteiger partial charge in [-0.15, -0.1) is 11.3 Å². The van der Waals surface area contributed by atoms with Crippen molar-refractivity contribution in [1.82, 2.24) is 19.3 Å². The van der Waals surface area contributed by atoms with Crippen molar-refractivity contribution in [2.75, 3.05) is 5.32 Å². The third-order valence-electron chi connectivity index (χ3n) is 5.86. The molecule has 0 spiro atoms. The molecule has 0 radical (unpaired) electrons. The number of halogens is 1. The highest BCUT2D eigenvalue weighted by molar-refractivity contribution is 7.18. The average Bonchev–Trinajstić information content (AvgIpc) is 3.35. The minimum Gasteiger partial charge on any atom is -0.309 e. The van der Waals surface area contributed by atoms with Gasteiger partial charge in [0.05, 0.1) is 24.5 Å². The molecule has 0 bridgehead atoms. The molecule has 1 unspecified atom stereocenters. The van der Waals surface area contributed by atoms with Crippen LogP contribution in [0, 0.1) is 5.92 Å². The lowest BCUT2D eigenvalue weighted by Gasteiger charge is -2.17. The van der Waals surface area contributed by atoms with Crippen molar-refractivity contribution in [2.45, 2.75) is 39.3 Å². The van der Waals surface area contributed by atoms with E-state index in [0.717, 1.165) is 35.2 Å². The summed E-state index contributed by atoms with van der Waals surface area (Å²) in [5.74, 6) is 0.852. The van der Waals surface area contributed by atoms with E-state index in [-0.39, 0.29) is 18.0 Å². The number of rotatable bonds is 5. The molecule has 9 heteroatoms. The largest absolute Gasteiger partial charge is 0.309 e. The predicted molar refractivity (Wildman–Crippen MR) is 126 cm³/mol. The molecule has 1 N–H and O–H groups in total. The Morgan fingerprint density at radius 3 is 3.00 bits per heavy atom. The van der Waals surface area contributed by atoms with E-state index >= 15 is 0 Å². The van der Waals surface area contributed by atoms with Crippen LogP contribution in [0.5, 0.6) is 0 Å². The average molecular weight is 468 g/mol. The standard InChI is InChI=1S/C23H22ClN5O2S/c1-14-6-7-16-18(10-14)32-22-21(16)23(31)28(13-25-22)12-20(30)27-19-8-9-26-29(19)11-15-4-2-3-5-17(15)24/h2-5,8-9,13-14H,6-7,10-12H2,1H3,(H,27,30). The molecule has 5 rings (SSSR count). The van der Waals surface area contributed by atoms with Gasteiger partial charge in [0.25, 0.3) is 5.56 Å². The van der Waals surface area contributed by atoms with Crippen LogP contribution in [0.15, 0.2) is 47.7 Å². The van der Waals surface area contributed by atoms with Gasteiger partial charge in [-0.1, -0.05) is 36.7 Å². The fourth-order valence-corrected chi connectivity index (χ4v) is 5.71. The molecule has 0 saturated heterocycles. The second-order valence-electron chi connectivity index (χ2n) is 8.22. The summed E-state index contributed by atoms with van der Waals surface area (Å²) < 4.78 is 3.05. The lowest BCUT2D eigenvalue weighted by molar-refractivity contribution is -0.116. The second-order valence-corrected chi connectivity index (χ2v) is 9.71. The Morgan fingerprint density at radius 1 is 1.31 bits per heavy atom. The smallest absolute Gasteiger partial charge is 0.262 e. The number of carbonyl (C=O) groups excluding carboxylic acids is 1. The van der Waals surface area contributed by atoms with Crippen molar-refractivity contribution in [3.8, 4) is 0 Å². The number of aryl methyl sites for hydroxylation is 1. The predicted octanol–water partition coefficient (Wildman–Crippen LogP) is 4.12. The first-order valence-corrected chi connectivity index (χ1v) is 11.7. The summed E-state index contributed by atoms with van der Waals surface area (Å²) in [6.45, 7) is 2.55. The summed E-state index contributed by atoms with van der Waals surface area (Å²) in [5, 5.41) is 8.45. The number of anilines is 1. The van der Waals surface area contributed by atoms with Crippen LogP contribution in [0.3, 0.4) is 0 Å². The van der Waals surface area contributed by atoms with Gasteiger partial charge < -0.3 is 5.32 Å². The Morgan fingerprint density at radius 2 is 2.16 bits per heavy atom. The van der Waals surface area contributed by atoms with Gasteiger partial charge in [-0.25, -0.2) is 9.67 Å². The minimum absolute atomic E-state index is 0.111. The third kappa shape index (κ3) is 3.96. The molecule has 7 nitrogen and oxygen atoms in total. The lowest BCUT2D eigenvalue weighted by atomic mass is 9.89. The fraction of sp³-hybridized carbons (Fsp3) is 0.304. The summed E-state index contributed by atoms with van der Waals surface area (Å²) in [7, 11) is 0.